The Morgan fingerprint density at radius 3 is 2.06 bits per heavy atom. The van der Waals surface area contributed by atoms with E-state index < -0.39 is 34.1 Å². The van der Waals surface area contributed by atoms with Crippen LogP contribution in [0.25, 0.3) is 11.1 Å². The number of para-hydroxylation sites is 2. The molecule has 2 N–H and O–H groups in total. The molecule has 0 saturated carbocycles. The normalized spacial score (nSPS) is 13.2. The van der Waals surface area contributed by atoms with Gasteiger partial charge in [0.1, 0.15) is 28.4 Å². The van der Waals surface area contributed by atoms with Crippen LogP contribution in [-0.4, -0.2) is 38.6 Å². The molecular formula is C36H30F3N3O5S. The summed E-state index contributed by atoms with van der Waals surface area (Å²) in [7, 11) is -4.05. The first-order chi connectivity index (χ1) is 23.1. The van der Waals surface area contributed by atoms with Crippen molar-refractivity contribution in [3.8, 4) is 28.5 Å². The highest BCUT2D eigenvalue weighted by atomic mass is 32.2. The van der Waals surface area contributed by atoms with Crippen molar-refractivity contribution < 1.29 is 35.9 Å². The van der Waals surface area contributed by atoms with Gasteiger partial charge in [-0.2, -0.15) is 13.2 Å². The second-order valence-corrected chi connectivity index (χ2v) is 12.7. The van der Waals surface area contributed by atoms with E-state index >= 15 is 0 Å². The number of amides is 1. The van der Waals surface area contributed by atoms with Gasteiger partial charge in [0, 0.05) is 6.07 Å². The molecule has 0 unspecified atom stereocenters. The average Bonchev–Trinajstić information content (AvgIpc) is 3.37. The van der Waals surface area contributed by atoms with E-state index in [9.17, 15) is 26.4 Å². The smallest absolute Gasteiger partial charge is 0.405 e. The molecule has 48 heavy (non-hydrogen) atoms. The second kappa shape index (κ2) is 13.4. The molecule has 0 bridgehead atoms. The van der Waals surface area contributed by atoms with Crippen LogP contribution in [0.1, 0.15) is 24.0 Å². The molecule has 246 valence electrons. The Bertz CT molecular complexity index is 1980. The minimum absolute atomic E-state index is 0.0579. The lowest BCUT2D eigenvalue weighted by atomic mass is 9.73. The SMILES string of the molecule is O=C(NCC(F)(F)F)C1(CCCOc2ccc(NS(=O)(=O)c3ccccc3Oc3ccccc3)cn2)c2ccccc2-c2ccccc21. The van der Waals surface area contributed by atoms with Crippen molar-refractivity contribution in [1.29, 1.82) is 0 Å². The lowest BCUT2D eigenvalue weighted by molar-refractivity contribution is -0.141. The van der Waals surface area contributed by atoms with Gasteiger partial charge in [-0.3, -0.25) is 9.52 Å². The van der Waals surface area contributed by atoms with Crippen LogP contribution in [-0.2, 0) is 20.2 Å². The summed E-state index contributed by atoms with van der Waals surface area (Å²) in [6.07, 6.45) is -2.78. The monoisotopic (exact) mass is 673 g/mol. The highest BCUT2D eigenvalue weighted by Crippen LogP contribution is 2.51. The number of ether oxygens (including phenoxy) is 2. The van der Waals surface area contributed by atoms with Crippen LogP contribution in [0.15, 0.2) is 126 Å². The summed E-state index contributed by atoms with van der Waals surface area (Å²) >= 11 is 0. The maximum absolute atomic E-state index is 13.6. The molecule has 0 fully saturated rings. The molecule has 1 amide bonds. The Balaban J connectivity index is 1.13. The number of carbonyl (C=O) groups excluding carboxylic acids is 1. The minimum atomic E-state index is -4.57. The Morgan fingerprint density at radius 1 is 0.792 bits per heavy atom. The maximum atomic E-state index is 13.6. The van der Waals surface area contributed by atoms with Crippen molar-refractivity contribution in [2.75, 3.05) is 17.9 Å². The number of rotatable bonds is 12. The largest absolute Gasteiger partial charge is 0.478 e. The molecule has 1 aromatic heterocycles. The lowest BCUT2D eigenvalue weighted by Crippen LogP contribution is -2.47. The second-order valence-electron chi connectivity index (χ2n) is 11.1. The van der Waals surface area contributed by atoms with Crippen LogP contribution in [0.5, 0.6) is 17.4 Å². The summed E-state index contributed by atoms with van der Waals surface area (Å²) in [5.41, 5.74) is 1.71. The molecule has 1 aliphatic carbocycles. The number of nitrogens with one attached hydrogen (secondary N) is 2. The Kier molecular flexibility index (Phi) is 9.09. The van der Waals surface area contributed by atoms with Crippen molar-refractivity contribution in [2.45, 2.75) is 29.3 Å². The quantitative estimate of drug-likeness (QED) is 0.133. The van der Waals surface area contributed by atoms with E-state index in [2.05, 4.69) is 15.0 Å². The third-order valence-corrected chi connectivity index (χ3v) is 9.37. The van der Waals surface area contributed by atoms with Crippen molar-refractivity contribution >= 4 is 21.6 Å². The number of hydrogen-bond donors (Lipinski definition) is 2. The van der Waals surface area contributed by atoms with Gasteiger partial charge in [0.2, 0.25) is 11.8 Å². The molecule has 0 radical (unpaired) electrons. The molecule has 0 spiro atoms. The van der Waals surface area contributed by atoms with E-state index in [0.29, 0.717) is 23.3 Å². The van der Waals surface area contributed by atoms with Crippen LogP contribution in [0.2, 0.25) is 0 Å². The first-order valence-electron chi connectivity index (χ1n) is 15.0. The molecule has 1 aliphatic rings. The Hall–Kier alpha value is -5.36. The fourth-order valence-corrected chi connectivity index (χ4v) is 7.08. The van der Waals surface area contributed by atoms with Crippen molar-refractivity contribution in [2.24, 2.45) is 0 Å². The van der Waals surface area contributed by atoms with Crippen LogP contribution < -0.4 is 19.5 Å². The molecule has 4 aromatic carbocycles. The van der Waals surface area contributed by atoms with Gasteiger partial charge in [-0.25, -0.2) is 13.4 Å². The van der Waals surface area contributed by atoms with Crippen molar-refractivity contribution in [3.63, 3.8) is 0 Å². The predicted molar refractivity (Wildman–Crippen MR) is 174 cm³/mol. The highest BCUT2D eigenvalue weighted by molar-refractivity contribution is 7.92. The minimum Gasteiger partial charge on any atom is -0.478 e. The standard InChI is InChI=1S/C36H30F3N3O5S/c37-36(38,39)24-41-34(43)35(29-15-6-4-13-27(29)28-14-5-7-16-30(28)35)21-10-22-46-33-20-19-25(23-40-33)42-48(44,45)32-18-9-8-17-31(32)47-26-11-2-1-3-12-26/h1-9,11-20,23,42H,10,21-22,24H2,(H,41,43). The zero-order chi connectivity index (χ0) is 33.8. The topological polar surface area (TPSA) is 107 Å². The first-order valence-corrected chi connectivity index (χ1v) is 16.5. The number of hydrogen-bond acceptors (Lipinski definition) is 6. The zero-order valence-electron chi connectivity index (χ0n) is 25.4. The van der Waals surface area contributed by atoms with E-state index in [4.69, 9.17) is 9.47 Å². The number of benzene rings is 4. The van der Waals surface area contributed by atoms with Crippen molar-refractivity contribution in [1.82, 2.24) is 10.3 Å². The number of nitrogens with zero attached hydrogens (tertiary/aromatic N) is 1. The molecule has 0 saturated heterocycles. The van der Waals surface area contributed by atoms with E-state index in [-0.39, 0.29) is 35.2 Å². The molecule has 8 nitrogen and oxygen atoms in total. The summed E-state index contributed by atoms with van der Waals surface area (Å²) in [5.74, 6) is 0.107. The average molecular weight is 674 g/mol. The Labute approximate surface area is 275 Å². The number of fused-ring (bicyclic) bond motifs is 3. The van der Waals surface area contributed by atoms with E-state index in [1.807, 2.05) is 30.3 Å². The van der Waals surface area contributed by atoms with Gasteiger partial charge in [-0.1, -0.05) is 78.9 Å². The lowest BCUT2D eigenvalue weighted by Gasteiger charge is -2.31. The fourth-order valence-electron chi connectivity index (χ4n) is 5.91. The predicted octanol–water partition coefficient (Wildman–Crippen LogP) is 7.48. The zero-order valence-corrected chi connectivity index (χ0v) is 26.2. The Morgan fingerprint density at radius 2 is 1.42 bits per heavy atom. The highest BCUT2D eigenvalue weighted by Gasteiger charge is 2.49. The summed E-state index contributed by atoms with van der Waals surface area (Å²) in [4.78, 5) is 17.8. The number of anilines is 1. The third kappa shape index (κ3) is 6.84. The molecular weight excluding hydrogens is 643 g/mol. The van der Waals surface area contributed by atoms with Crippen molar-refractivity contribution in [3.05, 3.63) is 133 Å². The van der Waals surface area contributed by atoms with E-state index in [0.717, 1.165) is 11.1 Å². The number of alkyl halides is 3. The van der Waals surface area contributed by atoms with E-state index in [1.54, 1.807) is 66.7 Å². The number of carbonyl (C=O) groups is 1. The number of aromatic nitrogens is 1. The summed E-state index contributed by atoms with van der Waals surface area (Å²) in [6, 6.07) is 32.5. The summed E-state index contributed by atoms with van der Waals surface area (Å²) < 4.78 is 80.0. The maximum Gasteiger partial charge on any atom is 0.405 e. The first kappa shape index (κ1) is 32.6. The van der Waals surface area contributed by atoms with Crippen LogP contribution >= 0.6 is 0 Å². The van der Waals surface area contributed by atoms with Gasteiger partial charge in [-0.15, -0.1) is 0 Å². The molecule has 5 aromatic rings. The number of halogens is 3. The third-order valence-electron chi connectivity index (χ3n) is 7.95. The van der Waals surface area contributed by atoms with Gasteiger partial charge in [0.05, 0.1) is 18.5 Å². The fraction of sp³-hybridized carbons (Fsp3) is 0.167. The van der Waals surface area contributed by atoms with Gasteiger partial charge in [-0.05, 0) is 65.4 Å². The van der Waals surface area contributed by atoms with E-state index in [1.165, 1.54) is 24.4 Å². The molecule has 6 rings (SSSR count). The summed E-state index contributed by atoms with van der Waals surface area (Å²) in [6.45, 7) is -1.35. The van der Waals surface area contributed by atoms with Gasteiger partial charge in [0.15, 0.2) is 0 Å². The molecule has 12 heteroatoms. The summed E-state index contributed by atoms with van der Waals surface area (Å²) in [5, 5.41) is 2.12. The number of sulfonamides is 1. The molecule has 1 heterocycles. The molecule has 0 aliphatic heterocycles. The van der Waals surface area contributed by atoms with Gasteiger partial charge >= 0.3 is 6.18 Å². The van der Waals surface area contributed by atoms with Gasteiger partial charge in [0.25, 0.3) is 10.0 Å². The van der Waals surface area contributed by atoms with Crippen LogP contribution in [0, 0.1) is 0 Å². The van der Waals surface area contributed by atoms with Gasteiger partial charge < -0.3 is 14.8 Å². The van der Waals surface area contributed by atoms with Crippen LogP contribution in [0.4, 0.5) is 18.9 Å². The van der Waals surface area contributed by atoms with Crippen LogP contribution in [0.3, 0.4) is 0 Å². The number of pyridine rings is 1. The molecule has 0 atom stereocenters.